The lowest BCUT2D eigenvalue weighted by Crippen LogP contribution is -2.11. The van der Waals surface area contributed by atoms with Gasteiger partial charge in [0.2, 0.25) is 0 Å². The Hall–Kier alpha value is -1.32. The molecular formula is C23H40FNO2. The molecule has 0 aromatic carbocycles. The Balaban J connectivity index is 1.89. The van der Waals surface area contributed by atoms with Crippen molar-refractivity contribution < 1.29 is 14.3 Å². The molecule has 0 fully saturated rings. The Bertz CT molecular complexity index is 486. The lowest BCUT2D eigenvalue weighted by atomic mass is 10.0. The summed E-state index contributed by atoms with van der Waals surface area (Å²) in [4.78, 5) is 11.0. The number of alkyl halides is 1. The zero-order chi connectivity index (χ0) is 19.7. The summed E-state index contributed by atoms with van der Waals surface area (Å²) in [6, 6.07) is 3.26. The van der Waals surface area contributed by atoms with Gasteiger partial charge in [-0.3, -0.25) is 0 Å². The second kappa shape index (κ2) is 15.7. The van der Waals surface area contributed by atoms with Gasteiger partial charge in [-0.2, -0.15) is 0 Å². The highest BCUT2D eigenvalue weighted by Crippen LogP contribution is 2.16. The second-order valence-electron chi connectivity index (χ2n) is 7.81. The third-order valence-electron chi connectivity index (χ3n) is 5.35. The van der Waals surface area contributed by atoms with E-state index in [9.17, 15) is 9.18 Å². The molecule has 0 saturated heterocycles. The van der Waals surface area contributed by atoms with Crippen molar-refractivity contribution in [1.29, 1.82) is 0 Å². The van der Waals surface area contributed by atoms with Crippen LogP contribution >= 0.6 is 0 Å². The van der Waals surface area contributed by atoms with Gasteiger partial charge in [-0.05, 0) is 25.0 Å². The van der Waals surface area contributed by atoms with Gasteiger partial charge in [-0.15, -0.1) is 0 Å². The molecule has 27 heavy (non-hydrogen) atoms. The van der Waals surface area contributed by atoms with Crippen LogP contribution in [0, 0.1) is 0 Å². The molecular weight excluding hydrogens is 341 g/mol. The molecule has 1 aromatic rings. The third-order valence-corrected chi connectivity index (χ3v) is 5.35. The van der Waals surface area contributed by atoms with Crippen molar-refractivity contribution in [2.45, 2.75) is 116 Å². The Morgan fingerprint density at radius 1 is 0.926 bits per heavy atom. The maximum absolute atomic E-state index is 14.0. The minimum Gasteiger partial charge on any atom is -0.477 e. The molecule has 0 spiro atoms. The van der Waals surface area contributed by atoms with E-state index in [1.54, 1.807) is 22.9 Å². The van der Waals surface area contributed by atoms with Crippen molar-refractivity contribution in [3.8, 4) is 0 Å². The third kappa shape index (κ3) is 11.9. The number of unbranched alkanes of at least 4 members (excludes halogenated alkanes) is 12. The molecule has 1 atom stereocenters. The molecule has 4 heteroatoms. The van der Waals surface area contributed by atoms with E-state index in [0.29, 0.717) is 19.4 Å². The SMILES string of the molecule is CCCCCCCCCCCCCCCC(F)CCn1cccc1C(=O)O. The first-order valence-electron chi connectivity index (χ1n) is 11.2. The fourth-order valence-electron chi connectivity index (χ4n) is 3.61. The van der Waals surface area contributed by atoms with Crippen molar-refractivity contribution in [2.75, 3.05) is 0 Å². The summed E-state index contributed by atoms with van der Waals surface area (Å²) >= 11 is 0. The average Bonchev–Trinajstić information content (AvgIpc) is 3.13. The highest BCUT2D eigenvalue weighted by atomic mass is 19.1. The number of carboxylic acid groups (broad SMARTS) is 1. The number of rotatable bonds is 18. The van der Waals surface area contributed by atoms with Crippen molar-refractivity contribution in [3.63, 3.8) is 0 Å². The quantitative estimate of drug-likeness (QED) is 0.269. The molecule has 0 aliphatic rings. The molecule has 0 bridgehead atoms. The van der Waals surface area contributed by atoms with Gasteiger partial charge in [0.05, 0.1) is 0 Å². The number of hydrogen-bond donors (Lipinski definition) is 1. The molecule has 1 aromatic heterocycles. The van der Waals surface area contributed by atoms with E-state index in [-0.39, 0.29) is 5.69 Å². The molecule has 1 N–H and O–H groups in total. The first-order valence-corrected chi connectivity index (χ1v) is 11.2. The zero-order valence-electron chi connectivity index (χ0n) is 17.3. The lowest BCUT2D eigenvalue weighted by Gasteiger charge is -2.10. The molecule has 156 valence electrons. The number of carbonyl (C=O) groups is 1. The fourth-order valence-corrected chi connectivity index (χ4v) is 3.61. The van der Waals surface area contributed by atoms with E-state index >= 15 is 0 Å². The zero-order valence-corrected chi connectivity index (χ0v) is 17.3. The van der Waals surface area contributed by atoms with Gasteiger partial charge in [0.25, 0.3) is 0 Å². The Morgan fingerprint density at radius 3 is 1.96 bits per heavy atom. The van der Waals surface area contributed by atoms with E-state index in [1.165, 1.54) is 70.6 Å². The van der Waals surface area contributed by atoms with Gasteiger partial charge in [-0.1, -0.05) is 90.4 Å². The van der Waals surface area contributed by atoms with Crippen LogP contribution in [0.2, 0.25) is 0 Å². The van der Waals surface area contributed by atoms with E-state index in [1.807, 2.05) is 0 Å². The highest BCUT2D eigenvalue weighted by molar-refractivity contribution is 5.85. The van der Waals surface area contributed by atoms with Gasteiger partial charge in [-0.25, -0.2) is 9.18 Å². The number of aromatic nitrogens is 1. The van der Waals surface area contributed by atoms with E-state index in [2.05, 4.69) is 6.92 Å². The van der Waals surface area contributed by atoms with Crippen LogP contribution in [0.4, 0.5) is 4.39 Å². The highest BCUT2D eigenvalue weighted by Gasteiger charge is 2.11. The molecule has 0 radical (unpaired) electrons. The van der Waals surface area contributed by atoms with Crippen LogP contribution in [-0.2, 0) is 6.54 Å². The molecule has 0 amide bonds. The number of aromatic carboxylic acids is 1. The van der Waals surface area contributed by atoms with Crippen molar-refractivity contribution in [2.24, 2.45) is 0 Å². The summed E-state index contributed by atoms with van der Waals surface area (Å²) in [6.07, 6.45) is 18.7. The summed E-state index contributed by atoms with van der Waals surface area (Å²) in [5.74, 6) is -0.952. The van der Waals surface area contributed by atoms with E-state index < -0.39 is 12.1 Å². The summed E-state index contributed by atoms with van der Waals surface area (Å²) in [5, 5.41) is 9.04. The first-order chi connectivity index (χ1) is 13.1. The van der Waals surface area contributed by atoms with Crippen LogP contribution in [0.1, 0.15) is 114 Å². The van der Waals surface area contributed by atoms with E-state index in [4.69, 9.17) is 5.11 Å². The van der Waals surface area contributed by atoms with Crippen molar-refractivity contribution in [3.05, 3.63) is 24.0 Å². The predicted molar refractivity (Wildman–Crippen MR) is 111 cm³/mol. The largest absolute Gasteiger partial charge is 0.477 e. The Kier molecular flexibility index (Phi) is 13.8. The minimum absolute atomic E-state index is 0.239. The maximum Gasteiger partial charge on any atom is 0.352 e. The van der Waals surface area contributed by atoms with Crippen molar-refractivity contribution >= 4 is 5.97 Å². The predicted octanol–water partition coefficient (Wildman–Crippen LogP) is 7.40. The van der Waals surface area contributed by atoms with Crippen LogP contribution in [0.3, 0.4) is 0 Å². The monoisotopic (exact) mass is 381 g/mol. The van der Waals surface area contributed by atoms with Crippen LogP contribution in [0.15, 0.2) is 18.3 Å². The second-order valence-corrected chi connectivity index (χ2v) is 7.81. The van der Waals surface area contributed by atoms with Gasteiger partial charge in [0.1, 0.15) is 11.9 Å². The topological polar surface area (TPSA) is 42.2 Å². The number of nitrogens with zero attached hydrogens (tertiary/aromatic N) is 1. The normalized spacial score (nSPS) is 12.4. The average molecular weight is 382 g/mol. The molecule has 1 heterocycles. The summed E-state index contributed by atoms with van der Waals surface area (Å²) < 4.78 is 15.6. The van der Waals surface area contributed by atoms with Crippen LogP contribution in [-0.4, -0.2) is 21.8 Å². The standard InChI is InChI=1S/C23H40FNO2/c1-2-3-4-5-6-7-8-9-10-11-12-13-14-16-21(24)18-20-25-19-15-17-22(25)23(26)27/h15,17,19,21H,2-14,16,18,20H2,1H3,(H,26,27). The fraction of sp³-hybridized carbons (Fsp3) is 0.783. The molecule has 0 saturated carbocycles. The lowest BCUT2D eigenvalue weighted by molar-refractivity contribution is 0.0684. The summed E-state index contributed by atoms with van der Waals surface area (Å²) in [7, 11) is 0. The number of halogens is 1. The minimum atomic E-state index is -0.952. The molecule has 0 aliphatic carbocycles. The van der Waals surface area contributed by atoms with Crippen LogP contribution in [0.5, 0.6) is 0 Å². The Morgan fingerprint density at radius 2 is 1.44 bits per heavy atom. The molecule has 1 rings (SSSR count). The molecule has 3 nitrogen and oxygen atoms in total. The maximum atomic E-state index is 14.0. The van der Waals surface area contributed by atoms with Crippen LogP contribution < -0.4 is 0 Å². The summed E-state index contributed by atoms with van der Waals surface area (Å²) in [5.41, 5.74) is 0.239. The number of carboxylic acids is 1. The number of aryl methyl sites for hydroxylation is 1. The molecule has 0 aliphatic heterocycles. The van der Waals surface area contributed by atoms with Gasteiger partial charge in [0.15, 0.2) is 0 Å². The number of hydrogen-bond acceptors (Lipinski definition) is 1. The van der Waals surface area contributed by atoms with Crippen LogP contribution in [0.25, 0.3) is 0 Å². The Labute approximate surface area is 165 Å². The van der Waals surface area contributed by atoms with Gasteiger partial charge >= 0.3 is 5.97 Å². The summed E-state index contributed by atoms with van der Waals surface area (Å²) in [6.45, 7) is 2.70. The van der Waals surface area contributed by atoms with Gasteiger partial charge < -0.3 is 9.67 Å². The van der Waals surface area contributed by atoms with Gasteiger partial charge in [0, 0.05) is 12.7 Å². The first kappa shape index (κ1) is 23.7. The van der Waals surface area contributed by atoms with E-state index in [0.717, 1.165) is 12.8 Å². The van der Waals surface area contributed by atoms with Crippen molar-refractivity contribution in [1.82, 2.24) is 4.57 Å². The molecule has 1 unspecified atom stereocenters. The smallest absolute Gasteiger partial charge is 0.352 e.